The molecule has 7 nitrogen and oxygen atoms in total. The highest BCUT2D eigenvalue weighted by molar-refractivity contribution is 5.94. The fourth-order valence-electron chi connectivity index (χ4n) is 3.67. The van der Waals surface area contributed by atoms with Gasteiger partial charge in [-0.2, -0.15) is 0 Å². The molecular formula is C19H24N4O3. The van der Waals surface area contributed by atoms with Gasteiger partial charge >= 0.3 is 0 Å². The average molecular weight is 356 g/mol. The number of hydrogen-bond donors (Lipinski definition) is 0. The van der Waals surface area contributed by atoms with Crippen LogP contribution in [0.15, 0.2) is 30.5 Å². The van der Waals surface area contributed by atoms with Crippen LogP contribution in [0.1, 0.15) is 17.3 Å². The van der Waals surface area contributed by atoms with E-state index in [4.69, 9.17) is 4.74 Å². The molecule has 0 bridgehead atoms. The SMILES string of the molecule is CC(=O)N1CCN(C(=O)c2ccc3ccc(N4CCOCC4)n3c2)CC1. The fraction of sp³-hybridized carbons (Fsp3) is 0.474. The lowest BCUT2D eigenvalue weighted by Gasteiger charge is -2.34. The summed E-state index contributed by atoms with van der Waals surface area (Å²) in [7, 11) is 0. The second-order valence-corrected chi connectivity index (χ2v) is 6.80. The van der Waals surface area contributed by atoms with Gasteiger partial charge in [-0.05, 0) is 24.3 Å². The van der Waals surface area contributed by atoms with E-state index in [0.29, 0.717) is 31.7 Å². The molecule has 0 N–H and O–H groups in total. The standard InChI is InChI=1S/C19H24N4O3/c1-15(24)20-6-8-22(9-7-20)19(25)16-2-3-17-4-5-18(23(17)14-16)21-10-12-26-13-11-21/h2-5,14H,6-13H2,1H3. The highest BCUT2D eigenvalue weighted by Crippen LogP contribution is 2.22. The summed E-state index contributed by atoms with van der Waals surface area (Å²) in [6.07, 6.45) is 1.93. The van der Waals surface area contributed by atoms with Gasteiger partial charge in [0, 0.05) is 57.9 Å². The van der Waals surface area contributed by atoms with Crippen LogP contribution in [0.4, 0.5) is 5.82 Å². The Hall–Kier alpha value is -2.54. The van der Waals surface area contributed by atoms with Gasteiger partial charge in [-0.1, -0.05) is 0 Å². The number of pyridine rings is 1. The van der Waals surface area contributed by atoms with E-state index in [9.17, 15) is 9.59 Å². The fourth-order valence-corrected chi connectivity index (χ4v) is 3.67. The van der Waals surface area contributed by atoms with Gasteiger partial charge in [0.25, 0.3) is 5.91 Å². The molecule has 2 aliphatic heterocycles. The van der Waals surface area contributed by atoms with Crippen molar-refractivity contribution in [3.63, 3.8) is 0 Å². The number of carbonyl (C=O) groups excluding carboxylic acids is 2. The third-order valence-corrected chi connectivity index (χ3v) is 5.22. The van der Waals surface area contributed by atoms with E-state index in [1.54, 1.807) is 11.8 Å². The third kappa shape index (κ3) is 3.14. The van der Waals surface area contributed by atoms with Crippen LogP contribution in [-0.4, -0.2) is 78.5 Å². The first-order valence-corrected chi connectivity index (χ1v) is 9.12. The molecule has 0 unspecified atom stereocenters. The highest BCUT2D eigenvalue weighted by Gasteiger charge is 2.24. The normalized spacial score (nSPS) is 18.4. The van der Waals surface area contributed by atoms with Gasteiger partial charge in [0.05, 0.1) is 18.8 Å². The Kier molecular flexibility index (Phi) is 4.55. The molecule has 7 heteroatoms. The molecule has 0 atom stereocenters. The number of piperazine rings is 1. The number of ether oxygens (including phenoxy) is 1. The predicted octanol–water partition coefficient (Wildman–Crippen LogP) is 1.08. The maximum atomic E-state index is 12.9. The van der Waals surface area contributed by atoms with Crippen molar-refractivity contribution in [2.45, 2.75) is 6.92 Å². The van der Waals surface area contributed by atoms with Crippen LogP contribution in [0.2, 0.25) is 0 Å². The minimum Gasteiger partial charge on any atom is -0.378 e. The molecule has 138 valence electrons. The number of fused-ring (bicyclic) bond motifs is 1. The van der Waals surface area contributed by atoms with Gasteiger partial charge in [0.15, 0.2) is 0 Å². The Morgan fingerprint density at radius 1 is 0.885 bits per heavy atom. The van der Waals surface area contributed by atoms with E-state index < -0.39 is 0 Å². The summed E-state index contributed by atoms with van der Waals surface area (Å²) in [5.74, 6) is 1.19. The Bertz CT molecular complexity index is 817. The minimum absolute atomic E-state index is 0.0247. The minimum atomic E-state index is 0.0247. The van der Waals surface area contributed by atoms with Gasteiger partial charge < -0.3 is 23.8 Å². The van der Waals surface area contributed by atoms with E-state index in [-0.39, 0.29) is 11.8 Å². The molecule has 0 radical (unpaired) electrons. The van der Waals surface area contributed by atoms with Crippen LogP contribution in [0, 0.1) is 0 Å². The zero-order valence-corrected chi connectivity index (χ0v) is 15.1. The topological polar surface area (TPSA) is 57.5 Å². The van der Waals surface area contributed by atoms with Crippen LogP contribution < -0.4 is 4.90 Å². The second-order valence-electron chi connectivity index (χ2n) is 6.80. The summed E-state index contributed by atoms with van der Waals surface area (Å²) in [6, 6.07) is 8.05. The maximum absolute atomic E-state index is 12.9. The quantitative estimate of drug-likeness (QED) is 0.808. The Morgan fingerprint density at radius 3 is 2.23 bits per heavy atom. The number of nitrogens with zero attached hydrogens (tertiary/aromatic N) is 4. The zero-order valence-electron chi connectivity index (χ0n) is 15.1. The number of hydrogen-bond acceptors (Lipinski definition) is 4. The molecule has 2 aromatic heterocycles. The first-order chi connectivity index (χ1) is 12.6. The van der Waals surface area contributed by atoms with Crippen LogP contribution in [0.25, 0.3) is 5.52 Å². The molecule has 2 amide bonds. The van der Waals surface area contributed by atoms with Gasteiger partial charge in [0.2, 0.25) is 5.91 Å². The Morgan fingerprint density at radius 2 is 1.54 bits per heavy atom. The lowest BCUT2D eigenvalue weighted by atomic mass is 10.2. The van der Waals surface area contributed by atoms with Gasteiger partial charge in [-0.25, -0.2) is 0 Å². The van der Waals surface area contributed by atoms with Crippen molar-refractivity contribution >= 4 is 23.1 Å². The van der Waals surface area contributed by atoms with Crippen molar-refractivity contribution in [3.05, 3.63) is 36.0 Å². The number of morpholine rings is 1. The molecule has 4 rings (SSSR count). The number of carbonyl (C=O) groups is 2. The lowest BCUT2D eigenvalue weighted by Crippen LogP contribution is -2.50. The largest absolute Gasteiger partial charge is 0.378 e. The van der Waals surface area contributed by atoms with Crippen LogP contribution in [-0.2, 0) is 9.53 Å². The molecule has 0 spiro atoms. The third-order valence-electron chi connectivity index (χ3n) is 5.22. The van der Waals surface area contributed by atoms with Gasteiger partial charge in [-0.3, -0.25) is 9.59 Å². The molecule has 2 fully saturated rings. The molecule has 2 saturated heterocycles. The highest BCUT2D eigenvalue weighted by atomic mass is 16.5. The van der Waals surface area contributed by atoms with Gasteiger partial charge in [0.1, 0.15) is 5.82 Å². The summed E-state index contributed by atoms with van der Waals surface area (Å²) < 4.78 is 7.52. The maximum Gasteiger partial charge on any atom is 0.255 e. The molecule has 2 aromatic rings. The summed E-state index contributed by atoms with van der Waals surface area (Å²) in [5, 5.41) is 0. The molecule has 0 saturated carbocycles. The molecule has 0 aromatic carbocycles. The summed E-state index contributed by atoms with van der Waals surface area (Å²) >= 11 is 0. The first kappa shape index (κ1) is 16.9. The number of rotatable bonds is 2. The van der Waals surface area contributed by atoms with E-state index in [0.717, 1.165) is 37.6 Å². The monoisotopic (exact) mass is 356 g/mol. The summed E-state index contributed by atoms with van der Waals surface area (Å²) in [5.41, 5.74) is 1.75. The van der Waals surface area contributed by atoms with Crippen molar-refractivity contribution in [1.82, 2.24) is 14.2 Å². The molecule has 2 aliphatic rings. The predicted molar refractivity (Wildman–Crippen MR) is 98.6 cm³/mol. The van der Waals surface area contributed by atoms with Crippen LogP contribution in [0.3, 0.4) is 0 Å². The first-order valence-electron chi connectivity index (χ1n) is 9.12. The van der Waals surface area contributed by atoms with Crippen molar-refractivity contribution < 1.29 is 14.3 Å². The Balaban J connectivity index is 1.55. The van der Waals surface area contributed by atoms with Crippen molar-refractivity contribution in [1.29, 1.82) is 0 Å². The van der Waals surface area contributed by atoms with Crippen molar-refractivity contribution in [3.8, 4) is 0 Å². The summed E-state index contributed by atoms with van der Waals surface area (Å²) in [4.78, 5) is 30.3. The average Bonchev–Trinajstić information content (AvgIpc) is 3.11. The molecule has 26 heavy (non-hydrogen) atoms. The number of aromatic nitrogens is 1. The zero-order chi connectivity index (χ0) is 18.1. The summed E-state index contributed by atoms with van der Waals surface area (Å²) in [6.45, 7) is 7.12. The molecule has 0 aliphatic carbocycles. The van der Waals surface area contributed by atoms with E-state index in [1.165, 1.54) is 0 Å². The van der Waals surface area contributed by atoms with E-state index in [2.05, 4.69) is 21.4 Å². The van der Waals surface area contributed by atoms with Gasteiger partial charge in [-0.15, -0.1) is 0 Å². The lowest BCUT2D eigenvalue weighted by molar-refractivity contribution is -0.130. The van der Waals surface area contributed by atoms with E-state index >= 15 is 0 Å². The van der Waals surface area contributed by atoms with Crippen molar-refractivity contribution in [2.75, 3.05) is 57.4 Å². The smallest absolute Gasteiger partial charge is 0.255 e. The Labute approximate surface area is 152 Å². The number of anilines is 1. The molecular weight excluding hydrogens is 332 g/mol. The van der Waals surface area contributed by atoms with Crippen LogP contribution in [0.5, 0.6) is 0 Å². The van der Waals surface area contributed by atoms with Crippen molar-refractivity contribution in [2.24, 2.45) is 0 Å². The molecule has 4 heterocycles. The number of amides is 2. The second kappa shape index (κ2) is 6.99. The van der Waals surface area contributed by atoms with E-state index in [1.807, 2.05) is 23.2 Å². The van der Waals surface area contributed by atoms with Crippen LogP contribution >= 0.6 is 0 Å².